The predicted molar refractivity (Wildman–Crippen MR) is 114 cm³/mol. The summed E-state index contributed by atoms with van der Waals surface area (Å²) in [5.41, 5.74) is 4.14. The average molecular weight is 391 g/mol. The van der Waals surface area contributed by atoms with Gasteiger partial charge in [0.2, 0.25) is 0 Å². The highest BCUT2D eigenvalue weighted by Gasteiger charge is 2.28. The maximum absolute atomic E-state index is 13.9. The third-order valence-corrected chi connectivity index (χ3v) is 5.62. The van der Waals surface area contributed by atoms with Gasteiger partial charge in [0, 0.05) is 24.3 Å². The summed E-state index contributed by atoms with van der Waals surface area (Å²) in [7, 11) is 0. The number of aromatic nitrogens is 2. The molecule has 1 aliphatic rings. The van der Waals surface area contributed by atoms with Gasteiger partial charge in [-0.3, -0.25) is 4.79 Å². The topological polar surface area (TPSA) is 38.1 Å². The third kappa shape index (κ3) is 3.69. The summed E-state index contributed by atoms with van der Waals surface area (Å²) in [5, 5.41) is 0. The Morgan fingerprint density at radius 2 is 1.97 bits per heavy atom. The number of hydrogen-bond donors (Lipinski definition) is 0. The number of fused-ring (bicyclic) bond motifs is 1. The van der Waals surface area contributed by atoms with Crippen molar-refractivity contribution in [2.45, 2.75) is 46.1 Å². The lowest BCUT2D eigenvalue weighted by Crippen LogP contribution is -2.32. The fourth-order valence-corrected chi connectivity index (χ4v) is 4.16. The number of halogens is 1. The van der Waals surface area contributed by atoms with E-state index in [-0.39, 0.29) is 11.7 Å². The summed E-state index contributed by atoms with van der Waals surface area (Å²) in [6.45, 7) is 5.35. The van der Waals surface area contributed by atoms with Crippen LogP contribution in [-0.4, -0.2) is 22.0 Å². The smallest absolute Gasteiger partial charge is 0.278 e. The molecule has 2 heterocycles. The first-order valence-electron chi connectivity index (χ1n) is 10.3. The highest BCUT2D eigenvalue weighted by molar-refractivity contribution is 6.06. The number of carbonyl (C=O) groups excluding carboxylic acids is 1. The molecule has 0 saturated carbocycles. The maximum Gasteiger partial charge on any atom is 0.278 e. The fraction of sp³-hybridized carbons (Fsp3) is 0.333. The van der Waals surface area contributed by atoms with Crippen molar-refractivity contribution in [1.82, 2.24) is 9.55 Å². The van der Waals surface area contributed by atoms with Gasteiger partial charge < -0.3 is 9.47 Å². The number of anilines is 1. The van der Waals surface area contributed by atoms with Gasteiger partial charge in [-0.1, -0.05) is 36.8 Å². The monoisotopic (exact) mass is 391 g/mol. The molecule has 0 spiro atoms. The zero-order valence-corrected chi connectivity index (χ0v) is 17.0. The molecule has 2 aromatic carbocycles. The van der Waals surface area contributed by atoms with Crippen molar-refractivity contribution in [2.24, 2.45) is 0 Å². The summed E-state index contributed by atoms with van der Waals surface area (Å²) in [6.07, 6.45) is 4.00. The molecule has 150 valence electrons. The van der Waals surface area contributed by atoms with Gasteiger partial charge in [-0.2, -0.15) is 0 Å². The van der Waals surface area contributed by atoms with Gasteiger partial charge in [-0.25, -0.2) is 9.37 Å². The molecule has 4 rings (SSSR count). The molecule has 1 aliphatic heterocycles. The third-order valence-electron chi connectivity index (χ3n) is 5.62. The molecule has 1 aromatic heterocycles. The standard InChI is InChI=1S/C24H26FN3O/c1-3-27(20-13-7-6-10-17(20)2)24(29)22-21-14-5-4-8-15-28(21)23(26-22)18-11-9-12-19(25)16-18/h6-7,9-13,16H,3-5,8,14-15H2,1-2H3. The first-order chi connectivity index (χ1) is 14.1. The van der Waals surface area contributed by atoms with Crippen molar-refractivity contribution in [2.75, 3.05) is 11.4 Å². The minimum atomic E-state index is -0.295. The van der Waals surface area contributed by atoms with E-state index in [2.05, 4.69) is 4.57 Å². The second kappa shape index (κ2) is 8.19. The van der Waals surface area contributed by atoms with E-state index in [1.54, 1.807) is 11.0 Å². The Labute approximate surface area is 171 Å². The second-order valence-corrected chi connectivity index (χ2v) is 7.54. The van der Waals surface area contributed by atoms with Gasteiger partial charge in [0.15, 0.2) is 5.69 Å². The molecule has 3 aromatic rings. The van der Waals surface area contributed by atoms with Crippen LogP contribution in [-0.2, 0) is 13.0 Å². The first kappa shape index (κ1) is 19.4. The molecule has 0 unspecified atom stereocenters. The number of aryl methyl sites for hydroxylation is 1. The minimum Gasteiger partial charge on any atom is -0.327 e. The van der Waals surface area contributed by atoms with Gasteiger partial charge in [0.25, 0.3) is 5.91 Å². The lowest BCUT2D eigenvalue weighted by atomic mass is 10.1. The van der Waals surface area contributed by atoms with Crippen LogP contribution in [0, 0.1) is 12.7 Å². The average Bonchev–Trinajstić information content (AvgIpc) is 2.91. The lowest BCUT2D eigenvalue weighted by molar-refractivity contribution is 0.0982. The van der Waals surface area contributed by atoms with E-state index in [4.69, 9.17) is 4.98 Å². The molecular formula is C24H26FN3O. The van der Waals surface area contributed by atoms with Gasteiger partial charge in [-0.15, -0.1) is 0 Å². The summed E-state index contributed by atoms with van der Waals surface area (Å²) in [5.74, 6) is 0.303. The van der Waals surface area contributed by atoms with Crippen molar-refractivity contribution in [1.29, 1.82) is 0 Å². The molecule has 0 saturated heterocycles. The molecule has 0 atom stereocenters. The van der Waals surface area contributed by atoms with Crippen LogP contribution in [0.1, 0.15) is 47.9 Å². The summed E-state index contributed by atoms with van der Waals surface area (Å²) >= 11 is 0. The van der Waals surface area contributed by atoms with E-state index >= 15 is 0 Å². The number of benzene rings is 2. The normalized spacial score (nSPS) is 13.6. The second-order valence-electron chi connectivity index (χ2n) is 7.54. The molecular weight excluding hydrogens is 365 g/mol. The summed E-state index contributed by atoms with van der Waals surface area (Å²) < 4.78 is 16.0. The van der Waals surface area contributed by atoms with Crippen molar-refractivity contribution in [3.8, 4) is 11.4 Å². The molecule has 0 N–H and O–H groups in total. The quantitative estimate of drug-likeness (QED) is 0.598. The highest BCUT2D eigenvalue weighted by atomic mass is 19.1. The number of amides is 1. The van der Waals surface area contributed by atoms with Crippen LogP contribution in [0.2, 0.25) is 0 Å². The number of hydrogen-bond acceptors (Lipinski definition) is 2. The Hall–Kier alpha value is -2.95. The molecule has 0 aliphatic carbocycles. The Balaban J connectivity index is 1.83. The van der Waals surface area contributed by atoms with Crippen LogP contribution >= 0.6 is 0 Å². The highest BCUT2D eigenvalue weighted by Crippen LogP contribution is 2.30. The van der Waals surface area contributed by atoms with E-state index in [0.717, 1.165) is 49.2 Å². The first-order valence-corrected chi connectivity index (χ1v) is 10.3. The lowest BCUT2D eigenvalue weighted by Gasteiger charge is -2.22. The Kier molecular flexibility index (Phi) is 5.47. The van der Waals surface area contributed by atoms with Crippen LogP contribution in [0.3, 0.4) is 0 Å². The molecule has 0 bridgehead atoms. The van der Waals surface area contributed by atoms with Gasteiger partial charge >= 0.3 is 0 Å². The zero-order valence-electron chi connectivity index (χ0n) is 17.0. The van der Waals surface area contributed by atoms with E-state index in [1.165, 1.54) is 12.1 Å². The number of nitrogens with zero attached hydrogens (tertiary/aromatic N) is 3. The van der Waals surface area contributed by atoms with Crippen molar-refractivity contribution < 1.29 is 9.18 Å². The minimum absolute atomic E-state index is 0.0879. The zero-order chi connectivity index (χ0) is 20.4. The van der Waals surface area contributed by atoms with E-state index in [0.29, 0.717) is 23.6 Å². The van der Waals surface area contributed by atoms with E-state index in [1.807, 2.05) is 44.2 Å². The van der Waals surface area contributed by atoms with Crippen LogP contribution in [0.5, 0.6) is 0 Å². The van der Waals surface area contributed by atoms with Crippen LogP contribution in [0.25, 0.3) is 11.4 Å². The van der Waals surface area contributed by atoms with Gasteiger partial charge in [0.1, 0.15) is 11.6 Å². The van der Waals surface area contributed by atoms with Gasteiger partial charge in [0.05, 0.1) is 5.69 Å². The van der Waals surface area contributed by atoms with Crippen LogP contribution in [0.4, 0.5) is 10.1 Å². The Bertz CT molecular complexity index is 1040. The van der Waals surface area contributed by atoms with Gasteiger partial charge in [-0.05, 0) is 56.9 Å². The molecule has 0 radical (unpaired) electrons. The Morgan fingerprint density at radius 1 is 1.14 bits per heavy atom. The maximum atomic E-state index is 13.9. The molecule has 0 fully saturated rings. The van der Waals surface area contributed by atoms with E-state index in [9.17, 15) is 9.18 Å². The van der Waals surface area contributed by atoms with Crippen LogP contribution in [0.15, 0.2) is 48.5 Å². The molecule has 29 heavy (non-hydrogen) atoms. The summed E-state index contributed by atoms with van der Waals surface area (Å²) in [6, 6.07) is 14.4. The number of imidazole rings is 1. The molecule has 5 heteroatoms. The van der Waals surface area contributed by atoms with Crippen molar-refractivity contribution in [3.05, 3.63) is 71.3 Å². The van der Waals surface area contributed by atoms with Crippen molar-refractivity contribution in [3.63, 3.8) is 0 Å². The van der Waals surface area contributed by atoms with E-state index < -0.39 is 0 Å². The number of para-hydroxylation sites is 1. The molecule has 4 nitrogen and oxygen atoms in total. The number of carbonyl (C=O) groups is 1. The Morgan fingerprint density at radius 3 is 2.72 bits per heavy atom. The fourth-order valence-electron chi connectivity index (χ4n) is 4.16. The SMILES string of the molecule is CCN(C(=O)c1nc(-c2cccc(F)c2)n2c1CCCCC2)c1ccccc1C. The largest absolute Gasteiger partial charge is 0.327 e. The van der Waals surface area contributed by atoms with Crippen molar-refractivity contribution >= 4 is 11.6 Å². The number of rotatable bonds is 4. The predicted octanol–water partition coefficient (Wildman–Crippen LogP) is 5.39. The molecule has 1 amide bonds. The summed E-state index contributed by atoms with van der Waals surface area (Å²) in [4.78, 5) is 20.2. The van der Waals surface area contributed by atoms with Crippen LogP contribution < -0.4 is 4.90 Å².